The number of hydrogen-bond donors (Lipinski definition) is 3. The Morgan fingerprint density at radius 2 is 2.33 bits per heavy atom. The van der Waals surface area contributed by atoms with Crippen LogP contribution >= 0.6 is 0 Å². The van der Waals surface area contributed by atoms with E-state index in [0.29, 0.717) is 18.7 Å². The Labute approximate surface area is 122 Å². The summed E-state index contributed by atoms with van der Waals surface area (Å²) in [4.78, 5) is 25.1. The Morgan fingerprint density at radius 1 is 1.57 bits per heavy atom. The van der Waals surface area contributed by atoms with Crippen LogP contribution in [0.2, 0.25) is 0 Å². The van der Waals surface area contributed by atoms with E-state index in [2.05, 4.69) is 10.4 Å². The van der Waals surface area contributed by atoms with Crippen LogP contribution in [0.3, 0.4) is 0 Å². The van der Waals surface area contributed by atoms with Gasteiger partial charge in [-0.25, -0.2) is 9.59 Å². The fourth-order valence-corrected chi connectivity index (χ4v) is 2.49. The number of aliphatic hydroxyl groups excluding tert-OH is 1. The Bertz CT molecular complexity index is 516. The van der Waals surface area contributed by atoms with E-state index in [1.54, 1.807) is 18.1 Å². The summed E-state index contributed by atoms with van der Waals surface area (Å²) in [5.74, 6) is -1.07. The van der Waals surface area contributed by atoms with E-state index in [4.69, 9.17) is 0 Å². The van der Waals surface area contributed by atoms with Crippen molar-refractivity contribution in [2.75, 3.05) is 19.7 Å². The maximum absolute atomic E-state index is 12.2. The minimum Gasteiger partial charge on any atom is -0.479 e. The fourth-order valence-electron chi connectivity index (χ4n) is 2.49. The molecule has 0 aromatic carbocycles. The van der Waals surface area contributed by atoms with Gasteiger partial charge in [-0.15, -0.1) is 0 Å². The van der Waals surface area contributed by atoms with Gasteiger partial charge in [-0.1, -0.05) is 0 Å². The van der Waals surface area contributed by atoms with Gasteiger partial charge in [0.15, 0.2) is 6.04 Å². The van der Waals surface area contributed by atoms with Crippen molar-refractivity contribution in [3.05, 3.63) is 18.0 Å². The zero-order valence-corrected chi connectivity index (χ0v) is 11.9. The lowest BCUT2D eigenvalue weighted by Gasteiger charge is -2.32. The molecule has 1 saturated heterocycles. The van der Waals surface area contributed by atoms with Crippen molar-refractivity contribution in [3.63, 3.8) is 0 Å². The topological polar surface area (TPSA) is 108 Å². The molecule has 0 bridgehead atoms. The number of carbonyl (C=O) groups is 2. The lowest BCUT2D eigenvalue weighted by atomic mass is 9.99. The summed E-state index contributed by atoms with van der Waals surface area (Å²) in [5.41, 5.74) is 0.425. The first-order valence-corrected chi connectivity index (χ1v) is 6.89. The highest BCUT2D eigenvalue weighted by molar-refractivity contribution is 5.83. The van der Waals surface area contributed by atoms with Crippen LogP contribution < -0.4 is 5.32 Å². The van der Waals surface area contributed by atoms with Crippen LogP contribution in [0.15, 0.2) is 12.4 Å². The molecule has 1 aromatic heterocycles. The molecule has 1 fully saturated rings. The lowest BCUT2D eigenvalue weighted by molar-refractivity contribution is -0.139. The molecule has 116 valence electrons. The van der Waals surface area contributed by atoms with Crippen LogP contribution in [0.4, 0.5) is 4.79 Å². The highest BCUT2D eigenvalue weighted by atomic mass is 16.4. The second kappa shape index (κ2) is 6.57. The Morgan fingerprint density at radius 3 is 2.90 bits per heavy atom. The summed E-state index contributed by atoms with van der Waals surface area (Å²) < 4.78 is 1.49. The Balaban J connectivity index is 2.03. The van der Waals surface area contributed by atoms with Crippen molar-refractivity contribution in [1.29, 1.82) is 0 Å². The van der Waals surface area contributed by atoms with Gasteiger partial charge in [0.2, 0.25) is 0 Å². The normalized spacial score (nSPS) is 20.1. The van der Waals surface area contributed by atoms with Crippen LogP contribution in [-0.4, -0.2) is 56.6 Å². The lowest BCUT2D eigenvalue weighted by Crippen LogP contribution is -2.48. The molecule has 2 unspecified atom stereocenters. The van der Waals surface area contributed by atoms with Crippen LogP contribution in [-0.2, 0) is 11.8 Å². The number of carbonyl (C=O) groups excluding carboxylic acids is 1. The first-order valence-electron chi connectivity index (χ1n) is 6.89. The van der Waals surface area contributed by atoms with Crippen molar-refractivity contribution in [2.24, 2.45) is 13.0 Å². The molecule has 1 aliphatic rings. The first-order chi connectivity index (χ1) is 10.0. The number of carboxylic acids is 1. The maximum atomic E-state index is 12.2. The van der Waals surface area contributed by atoms with Crippen LogP contribution in [0.25, 0.3) is 0 Å². The highest BCUT2D eigenvalue weighted by Crippen LogP contribution is 2.17. The number of nitrogens with one attached hydrogen (secondary N) is 1. The van der Waals surface area contributed by atoms with Crippen molar-refractivity contribution in [3.8, 4) is 0 Å². The smallest absolute Gasteiger partial charge is 0.331 e. The second-order valence-electron chi connectivity index (χ2n) is 5.30. The Kier molecular flexibility index (Phi) is 4.79. The molecular weight excluding hydrogens is 276 g/mol. The number of aliphatic hydroxyl groups is 1. The predicted octanol–water partition coefficient (Wildman–Crippen LogP) is -0.0403. The summed E-state index contributed by atoms with van der Waals surface area (Å²) in [7, 11) is 1.68. The molecule has 1 aliphatic heterocycles. The molecule has 2 heterocycles. The average Bonchev–Trinajstić information content (AvgIpc) is 2.90. The number of urea groups is 1. The quantitative estimate of drug-likeness (QED) is 0.722. The third-order valence-electron chi connectivity index (χ3n) is 3.64. The molecule has 2 amide bonds. The summed E-state index contributed by atoms with van der Waals surface area (Å²) >= 11 is 0. The molecule has 21 heavy (non-hydrogen) atoms. The zero-order valence-electron chi connectivity index (χ0n) is 11.9. The third-order valence-corrected chi connectivity index (χ3v) is 3.64. The number of aryl methyl sites for hydroxylation is 1. The molecule has 0 aliphatic carbocycles. The van der Waals surface area contributed by atoms with Gasteiger partial charge in [0, 0.05) is 38.5 Å². The largest absolute Gasteiger partial charge is 0.479 e. The van der Waals surface area contributed by atoms with Crippen molar-refractivity contribution < 1.29 is 19.8 Å². The minimum atomic E-state index is -1.13. The van der Waals surface area contributed by atoms with Gasteiger partial charge in [-0.05, 0) is 18.8 Å². The van der Waals surface area contributed by atoms with Crippen LogP contribution in [0, 0.1) is 5.92 Å². The standard InChI is InChI=1S/C13H20N4O4/c1-16-7-10(5-14-16)11(12(19)20)15-13(21)17-4-2-3-9(6-17)8-18/h5,7,9,11,18H,2-4,6,8H2,1H3,(H,15,21)(H,19,20). The monoisotopic (exact) mass is 296 g/mol. The molecule has 0 saturated carbocycles. The second-order valence-corrected chi connectivity index (χ2v) is 5.30. The molecule has 2 rings (SSSR count). The number of rotatable bonds is 4. The van der Waals surface area contributed by atoms with Gasteiger partial charge in [0.25, 0.3) is 0 Å². The molecule has 2 atom stereocenters. The van der Waals surface area contributed by atoms with Crippen molar-refractivity contribution in [1.82, 2.24) is 20.0 Å². The average molecular weight is 296 g/mol. The molecule has 0 radical (unpaired) electrons. The van der Waals surface area contributed by atoms with E-state index in [0.717, 1.165) is 12.8 Å². The van der Waals surface area contributed by atoms with E-state index in [1.165, 1.54) is 10.9 Å². The number of likely N-dealkylation sites (tertiary alicyclic amines) is 1. The van der Waals surface area contributed by atoms with Gasteiger partial charge >= 0.3 is 12.0 Å². The zero-order chi connectivity index (χ0) is 15.4. The van der Waals surface area contributed by atoms with Gasteiger partial charge in [0.05, 0.1) is 6.20 Å². The molecule has 8 nitrogen and oxygen atoms in total. The summed E-state index contributed by atoms with van der Waals surface area (Å²) in [6.45, 7) is 1.05. The van der Waals surface area contributed by atoms with E-state index in [-0.39, 0.29) is 12.5 Å². The fraction of sp³-hybridized carbons (Fsp3) is 0.615. The van der Waals surface area contributed by atoms with Crippen molar-refractivity contribution >= 4 is 12.0 Å². The highest BCUT2D eigenvalue weighted by Gasteiger charge is 2.28. The third kappa shape index (κ3) is 3.72. The van der Waals surface area contributed by atoms with Gasteiger partial charge in [-0.2, -0.15) is 5.10 Å². The molecule has 8 heteroatoms. The van der Waals surface area contributed by atoms with Gasteiger partial charge in [-0.3, -0.25) is 4.68 Å². The number of amides is 2. The van der Waals surface area contributed by atoms with Crippen molar-refractivity contribution in [2.45, 2.75) is 18.9 Å². The summed E-state index contributed by atoms with van der Waals surface area (Å²) in [6.07, 6.45) is 4.67. The molecule has 3 N–H and O–H groups in total. The van der Waals surface area contributed by atoms with Crippen LogP contribution in [0.5, 0.6) is 0 Å². The molecule has 0 spiro atoms. The summed E-state index contributed by atoms with van der Waals surface area (Å²) in [6, 6.07) is -1.55. The van der Waals surface area contributed by atoms with E-state index < -0.39 is 18.0 Å². The van der Waals surface area contributed by atoms with E-state index in [1.807, 2.05) is 0 Å². The van der Waals surface area contributed by atoms with Crippen LogP contribution in [0.1, 0.15) is 24.4 Å². The SMILES string of the molecule is Cn1cc(C(NC(=O)N2CCCC(CO)C2)C(=O)O)cn1. The van der Waals surface area contributed by atoms with E-state index >= 15 is 0 Å². The number of nitrogens with zero attached hydrogens (tertiary/aromatic N) is 3. The number of aliphatic carboxylic acids is 1. The van der Waals surface area contributed by atoms with Gasteiger partial charge < -0.3 is 20.4 Å². The number of hydrogen-bond acceptors (Lipinski definition) is 4. The molecular formula is C13H20N4O4. The number of aromatic nitrogens is 2. The molecule has 1 aromatic rings. The number of piperidine rings is 1. The first kappa shape index (κ1) is 15.3. The van der Waals surface area contributed by atoms with Gasteiger partial charge in [0.1, 0.15) is 0 Å². The summed E-state index contributed by atoms with van der Waals surface area (Å²) in [5, 5.41) is 24.9. The Hall–Kier alpha value is -2.09. The van der Waals surface area contributed by atoms with E-state index in [9.17, 15) is 19.8 Å². The maximum Gasteiger partial charge on any atom is 0.331 e. The minimum absolute atomic E-state index is 0.0365. The number of carboxylic acid groups (broad SMARTS) is 1. The predicted molar refractivity (Wildman–Crippen MR) is 73.5 cm³/mol.